The van der Waals surface area contributed by atoms with Crippen LogP contribution in [0.2, 0.25) is 0 Å². The summed E-state index contributed by atoms with van der Waals surface area (Å²) in [5.41, 5.74) is -3.30. The van der Waals surface area contributed by atoms with E-state index in [2.05, 4.69) is 9.97 Å². The van der Waals surface area contributed by atoms with Gasteiger partial charge in [-0.05, 0) is 6.07 Å². The van der Waals surface area contributed by atoms with E-state index in [1.54, 1.807) is 0 Å². The summed E-state index contributed by atoms with van der Waals surface area (Å²) in [4.78, 5) is 24.6. The minimum Gasteiger partial charge on any atom is -0.305 e. The number of aromatic nitrogens is 2. The molecular formula is C8H4F3N3O3. The van der Waals surface area contributed by atoms with Gasteiger partial charge in [-0.1, -0.05) is 0 Å². The van der Waals surface area contributed by atoms with Crippen LogP contribution in [0.15, 0.2) is 16.9 Å². The van der Waals surface area contributed by atoms with Crippen molar-refractivity contribution < 1.29 is 18.1 Å². The SMILES string of the molecule is O=c1[nH]c2cc(C(F)(F)F)cc([N+](=O)[O-])c2[nH]1. The average Bonchev–Trinajstić information content (AvgIpc) is 2.54. The summed E-state index contributed by atoms with van der Waals surface area (Å²) in [7, 11) is 0. The zero-order valence-corrected chi connectivity index (χ0v) is 7.96. The highest BCUT2D eigenvalue weighted by Gasteiger charge is 2.33. The van der Waals surface area contributed by atoms with Gasteiger partial charge in [0.05, 0.1) is 16.0 Å². The molecule has 1 aromatic heterocycles. The minimum atomic E-state index is -4.72. The molecule has 0 unspecified atom stereocenters. The van der Waals surface area contributed by atoms with Gasteiger partial charge in [0.1, 0.15) is 5.52 Å². The van der Waals surface area contributed by atoms with Crippen LogP contribution in [0.3, 0.4) is 0 Å². The van der Waals surface area contributed by atoms with Crippen LogP contribution in [-0.4, -0.2) is 14.9 Å². The molecular weight excluding hydrogens is 243 g/mol. The Kier molecular flexibility index (Phi) is 2.19. The Hall–Kier alpha value is -2.32. The van der Waals surface area contributed by atoms with Gasteiger partial charge in [-0.2, -0.15) is 13.2 Å². The molecule has 0 aliphatic carbocycles. The van der Waals surface area contributed by atoms with E-state index in [9.17, 15) is 28.1 Å². The minimum absolute atomic E-state index is 0.253. The van der Waals surface area contributed by atoms with Crippen LogP contribution in [0.4, 0.5) is 18.9 Å². The second-order valence-corrected chi connectivity index (χ2v) is 3.25. The molecule has 0 spiro atoms. The van der Waals surface area contributed by atoms with Crippen molar-refractivity contribution in [2.45, 2.75) is 6.18 Å². The van der Waals surface area contributed by atoms with E-state index in [-0.39, 0.29) is 11.0 Å². The van der Waals surface area contributed by atoms with E-state index >= 15 is 0 Å². The number of rotatable bonds is 1. The summed E-state index contributed by atoms with van der Waals surface area (Å²) in [6.45, 7) is 0. The van der Waals surface area contributed by atoms with Crippen molar-refractivity contribution in [3.05, 3.63) is 38.3 Å². The lowest BCUT2D eigenvalue weighted by Crippen LogP contribution is -2.05. The average molecular weight is 247 g/mol. The molecule has 0 radical (unpaired) electrons. The summed E-state index contributed by atoms with van der Waals surface area (Å²) in [5, 5.41) is 10.6. The molecule has 0 saturated carbocycles. The molecule has 6 nitrogen and oxygen atoms in total. The number of H-pyrrole nitrogens is 2. The molecule has 0 fully saturated rings. The molecule has 0 aliphatic rings. The maximum atomic E-state index is 12.4. The summed E-state index contributed by atoms with van der Waals surface area (Å²) in [5.74, 6) is 0. The monoisotopic (exact) mass is 247 g/mol. The summed E-state index contributed by atoms with van der Waals surface area (Å²) in [6, 6.07) is 1.02. The number of nitrogens with zero attached hydrogens (tertiary/aromatic N) is 1. The van der Waals surface area contributed by atoms with E-state index in [0.717, 1.165) is 0 Å². The molecule has 0 bridgehead atoms. The molecule has 1 heterocycles. The van der Waals surface area contributed by atoms with Gasteiger partial charge in [-0.15, -0.1) is 0 Å². The fraction of sp³-hybridized carbons (Fsp3) is 0.125. The molecule has 17 heavy (non-hydrogen) atoms. The Morgan fingerprint density at radius 1 is 1.24 bits per heavy atom. The number of fused-ring (bicyclic) bond motifs is 1. The standard InChI is InChI=1S/C8H4F3N3O3/c9-8(10,11)3-1-4-6(13-7(15)12-4)5(2-3)14(16)17/h1-2H,(H2,12,13,15). The van der Waals surface area contributed by atoms with Gasteiger partial charge in [0, 0.05) is 6.07 Å². The maximum absolute atomic E-state index is 12.4. The number of aromatic amines is 2. The molecule has 0 aliphatic heterocycles. The Morgan fingerprint density at radius 2 is 1.88 bits per heavy atom. The van der Waals surface area contributed by atoms with Crippen LogP contribution in [0.1, 0.15) is 5.56 Å². The topological polar surface area (TPSA) is 91.8 Å². The van der Waals surface area contributed by atoms with Gasteiger partial charge in [0.2, 0.25) is 0 Å². The van der Waals surface area contributed by atoms with Crippen molar-refractivity contribution in [2.24, 2.45) is 0 Å². The van der Waals surface area contributed by atoms with Crippen molar-refractivity contribution in [3.63, 3.8) is 0 Å². The molecule has 2 N–H and O–H groups in total. The van der Waals surface area contributed by atoms with Crippen LogP contribution in [0.25, 0.3) is 11.0 Å². The zero-order valence-electron chi connectivity index (χ0n) is 7.96. The van der Waals surface area contributed by atoms with Crippen LogP contribution in [0, 0.1) is 10.1 Å². The third-order valence-corrected chi connectivity index (χ3v) is 2.13. The predicted octanol–water partition coefficient (Wildman–Crippen LogP) is 1.78. The number of imidazole rings is 1. The van der Waals surface area contributed by atoms with E-state index in [1.807, 2.05) is 0 Å². The van der Waals surface area contributed by atoms with E-state index in [4.69, 9.17) is 0 Å². The lowest BCUT2D eigenvalue weighted by atomic mass is 10.1. The predicted molar refractivity (Wildman–Crippen MR) is 50.6 cm³/mol. The summed E-state index contributed by atoms with van der Waals surface area (Å²) in [6.07, 6.45) is -4.72. The molecule has 2 aromatic rings. The number of non-ortho nitro benzene ring substituents is 1. The number of nitro groups is 1. The third kappa shape index (κ3) is 1.86. The van der Waals surface area contributed by atoms with Crippen LogP contribution >= 0.6 is 0 Å². The first-order valence-corrected chi connectivity index (χ1v) is 4.26. The van der Waals surface area contributed by atoms with Crippen molar-refractivity contribution in [1.82, 2.24) is 9.97 Å². The van der Waals surface area contributed by atoms with Gasteiger partial charge < -0.3 is 9.97 Å². The second-order valence-electron chi connectivity index (χ2n) is 3.25. The van der Waals surface area contributed by atoms with Crippen molar-refractivity contribution in [1.29, 1.82) is 0 Å². The smallest absolute Gasteiger partial charge is 0.305 e. The molecule has 1 aromatic carbocycles. The largest absolute Gasteiger partial charge is 0.416 e. The van der Waals surface area contributed by atoms with Gasteiger partial charge >= 0.3 is 11.9 Å². The first-order chi connectivity index (χ1) is 7.79. The highest BCUT2D eigenvalue weighted by Crippen LogP contribution is 2.34. The number of benzene rings is 1. The fourth-order valence-electron chi connectivity index (χ4n) is 1.43. The van der Waals surface area contributed by atoms with Crippen LogP contribution in [-0.2, 0) is 6.18 Å². The number of nitro benzene ring substituents is 1. The number of hydrogen-bond donors (Lipinski definition) is 2. The number of hydrogen-bond acceptors (Lipinski definition) is 3. The maximum Gasteiger partial charge on any atom is 0.416 e. The molecule has 90 valence electrons. The molecule has 2 rings (SSSR count). The van der Waals surface area contributed by atoms with Gasteiger partial charge in [-0.25, -0.2) is 4.79 Å². The van der Waals surface area contributed by atoms with Gasteiger partial charge in [0.15, 0.2) is 0 Å². The number of alkyl halides is 3. The summed E-state index contributed by atoms with van der Waals surface area (Å²) < 4.78 is 37.3. The van der Waals surface area contributed by atoms with E-state index in [1.165, 1.54) is 0 Å². The fourth-order valence-corrected chi connectivity index (χ4v) is 1.43. The normalized spacial score (nSPS) is 11.9. The second kappa shape index (κ2) is 3.34. The van der Waals surface area contributed by atoms with E-state index < -0.39 is 28.0 Å². The lowest BCUT2D eigenvalue weighted by Gasteiger charge is -2.06. The molecule has 9 heteroatoms. The lowest BCUT2D eigenvalue weighted by molar-refractivity contribution is -0.383. The highest BCUT2D eigenvalue weighted by atomic mass is 19.4. The van der Waals surface area contributed by atoms with Gasteiger partial charge in [-0.3, -0.25) is 10.1 Å². The van der Waals surface area contributed by atoms with Crippen molar-refractivity contribution >= 4 is 16.7 Å². The van der Waals surface area contributed by atoms with Crippen molar-refractivity contribution in [3.8, 4) is 0 Å². The first-order valence-electron chi connectivity index (χ1n) is 4.26. The van der Waals surface area contributed by atoms with E-state index in [0.29, 0.717) is 12.1 Å². The summed E-state index contributed by atoms with van der Waals surface area (Å²) >= 11 is 0. The number of nitrogens with one attached hydrogen (secondary N) is 2. The Morgan fingerprint density at radius 3 is 2.41 bits per heavy atom. The molecule has 0 saturated heterocycles. The first kappa shape index (κ1) is 11.2. The zero-order chi connectivity index (χ0) is 12.8. The molecule has 0 atom stereocenters. The van der Waals surface area contributed by atoms with Crippen LogP contribution < -0.4 is 5.69 Å². The Balaban J connectivity index is 2.85. The molecule has 0 amide bonds. The number of halogens is 3. The third-order valence-electron chi connectivity index (χ3n) is 2.13. The highest BCUT2D eigenvalue weighted by molar-refractivity contribution is 5.85. The van der Waals surface area contributed by atoms with Crippen LogP contribution in [0.5, 0.6) is 0 Å². The van der Waals surface area contributed by atoms with Gasteiger partial charge in [0.25, 0.3) is 5.69 Å². The quantitative estimate of drug-likeness (QED) is 0.594. The Labute approximate surface area is 90.2 Å². The van der Waals surface area contributed by atoms with Crippen molar-refractivity contribution in [2.75, 3.05) is 0 Å². The Bertz CT molecular complexity index is 655.